The predicted octanol–water partition coefficient (Wildman–Crippen LogP) is 4.08. The number of nitro groups is 1. The first kappa shape index (κ1) is 19.5. The first-order valence-electron chi connectivity index (χ1n) is 7.20. The van der Waals surface area contributed by atoms with Gasteiger partial charge in [0.1, 0.15) is 12.4 Å². The van der Waals surface area contributed by atoms with Gasteiger partial charge in [-0.2, -0.15) is 13.2 Å². The number of halogens is 4. The molecule has 1 N–H and O–H groups in total. The molecule has 6 nitrogen and oxygen atoms in total. The van der Waals surface area contributed by atoms with Gasteiger partial charge in [-0.1, -0.05) is 11.6 Å². The molecule has 2 aromatic rings. The van der Waals surface area contributed by atoms with Crippen molar-refractivity contribution in [2.24, 2.45) is 0 Å². The molecule has 10 heteroatoms. The minimum Gasteiger partial charge on any atom is -0.492 e. The summed E-state index contributed by atoms with van der Waals surface area (Å²) in [5.74, 6) is -0.421. The molecule has 0 aromatic heterocycles. The zero-order chi connectivity index (χ0) is 19.3. The third-order valence-corrected chi connectivity index (χ3v) is 3.57. The summed E-state index contributed by atoms with van der Waals surface area (Å²) in [6.45, 7) is 0.0164. The molecule has 0 heterocycles. The molecule has 0 saturated heterocycles. The average molecular weight is 389 g/mol. The van der Waals surface area contributed by atoms with E-state index in [1.54, 1.807) is 0 Å². The highest BCUT2D eigenvalue weighted by Crippen LogP contribution is 2.30. The van der Waals surface area contributed by atoms with Crippen molar-refractivity contribution in [3.05, 3.63) is 68.7 Å². The number of hydrogen-bond donors (Lipinski definition) is 1. The van der Waals surface area contributed by atoms with Crippen LogP contribution in [0.2, 0.25) is 5.02 Å². The van der Waals surface area contributed by atoms with Crippen LogP contribution in [0.3, 0.4) is 0 Å². The average Bonchev–Trinajstić information content (AvgIpc) is 2.58. The molecule has 2 rings (SSSR count). The summed E-state index contributed by atoms with van der Waals surface area (Å²) in [5.41, 5.74) is -1.13. The van der Waals surface area contributed by atoms with Gasteiger partial charge in [-0.15, -0.1) is 0 Å². The summed E-state index contributed by atoms with van der Waals surface area (Å²) in [5, 5.41) is 13.2. The fourth-order valence-electron chi connectivity index (χ4n) is 1.97. The van der Waals surface area contributed by atoms with E-state index in [1.165, 1.54) is 24.3 Å². The monoisotopic (exact) mass is 388 g/mol. The lowest BCUT2D eigenvalue weighted by Gasteiger charge is -2.10. The summed E-state index contributed by atoms with van der Waals surface area (Å²) in [6.07, 6.45) is -4.43. The van der Waals surface area contributed by atoms with Crippen LogP contribution in [0.25, 0.3) is 0 Å². The number of nitrogens with zero attached hydrogens (tertiary/aromatic N) is 1. The SMILES string of the molecule is O=C(NCCOc1ccc(C(F)(F)F)cc1)c1cc([N+](=O)[O-])ccc1Cl. The summed E-state index contributed by atoms with van der Waals surface area (Å²) in [4.78, 5) is 22.1. The lowest BCUT2D eigenvalue weighted by molar-refractivity contribution is -0.384. The predicted molar refractivity (Wildman–Crippen MR) is 87.4 cm³/mol. The van der Waals surface area contributed by atoms with Crippen LogP contribution in [-0.4, -0.2) is 24.0 Å². The molecule has 0 spiro atoms. The van der Waals surface area contributed by atoms with E-state index in [0.717, 1.165) is 18.2 Å². The third-order valence-electron chi connectivity index (χ3n) is 3.24. The number of non-ortho nitro benzene ring substituents is 1. The summed E-state index contributed by atoms with van der Waals surface area (Å²) >= 11 is 5.85. The van der Waals surface area contributed by atoms with Crippen LogP contribution in [0.15, 0.2) is 42.5 Å². The molecule has 0 bridgehead atoms. The first-order chi connectivity index (χ1) is 12.2. The van der Waals surface area contributed by atoms with E-state index in [9.17, 15) is 28.1 Å². The van der Waals surface area contributed by atoms with Gasteiger partial charge >= 0.3 is 6.18 Å². The third kappa shape index (κ3) is 5.09. The van der Waals surface area contributed by atoms with Crippen LogP contribution in [0, 0.1) is 10.1 Å². The van der Waals surface area contributed by atoms with E-state index in [4.69, 9.17) is 16.3 Å². The van der Waals surface area contributed by atoms with Gasteiger partial charge in [0.2, 0.25) is 0 Å². The maximum absolute atomic E-state index is 12.4. The standard InChI is InChI=1S/C16H12ClF3N2O4/c17-14-6-3-11(22(24)25)9-13(14)15(23)21-7-8-26-12-4-1-10(2-5-12)16(18,19)20/h1-6,9H,7-8H2,(H,21,23). The number of benzene rings is 2. The Kier molecular flexibility index (Phi) is 6.04. The molecule has 0 aliphatic rings. The second kappa shape index (κ2) is 8.05. The Hall–Kier alpha value is -2.81. The number of alkyl halides is 3. The molecule has 26 heavy (non-hydrogen) atoms. The first-order valence-corrected chi connectivity index (χ1v) is 7.58. The zero-order valence-corrected chi connectivity index (χ0v) is 13.8. The van der Waals surface area contributed by atoms with Gasteiger partial charge < -0.3 is 10.1 Å². The number of nitro benzene ring substituents is 1. The Balaban J connectivity index is 1.87. The summed E-state index contributed by atoms with van der Waals surface area (Å²) in [6, 6.07) is 7.58. The van der Waals surface area contributed by atoms with Gasteiger partial charge in [-0.25, -0.2) is 0 Å². The highest BCUT2D eigenvalue weighted by atomic mass is 35.5. The molecule has 138 valence electrons. The maximum atomic E-state index is 12.4. The van der Waals surface area contributed by atoms with Crippen molar-refractivity contribution in [1.82, 2.24) is 5.32 Å². The van der Waals surface area contributed by atoms with Crippen molar-refractivity contribution in [3.63, 3.8) is 0 Å². The number of nitrogens with one attached hydrogen (secondary N) is 1. The van der Waals surface area contributed by atoms with Crippen molar-refractivity contribution in [1.29, 1.82) is 0 Å². The smallest absolute Gasteiger partial charge is 0.416 e. The largest absolute Gasteiger partial charge is 0.492 e. The molecule has 0 aliphatic heterocycles. The highest BCUT2D eigenvalue weighted by molar-refractivity contribution is 6.33. The van der Waals surface area contributed by atoms with E-state index in [1.807, 2.05) is 0 Å². The summed E-state index contributed by atoms with van der Waals surface area (Å²) in [7, 11) is 0. The van der Waals surface area contributed by atoms with Gasteiger partial charge in [0.15, 0.2) is 0 Å². The Morgan fingerprint density at radius 1 is 1.19 bits per heavy atom. The molecule has 0 fully saturated rings. The number of carbonyl (C=O) groups excluding carboxylic acids is 1. The van der Waals surface area contributed by atoms with E-state index >= 15 is 0 Å². The van der Waals surface area contributed by atoms with Crippen LogP contribution in [0.5, 0.6) is 5.75 Å². The van der Waals surface area contributed by atoms with E-state index < -0.39 is 22.6 Å². The maximum Gasteiger partial charge on any atom is 0.416 e. The van der Waals surface area contributed by atoms with Gasteiger partial charge in [0.05, 0.1) is 27.6 Å². The van der Waals surface area contributed by atoms with Crippen LogP contribution in [0.1, 0.15) is 15.9 Å². The van der Waals surface area contributed by atoms with Crippen molar-refractivity contribution < 1.29 is 27.6 Å². The fourth-order valence-corrected chi connectivity index (χ4v) is 2.17. The van der Waals surface area contributed by atoms with Gasteiger partial charge in [-0.3, -0.25) is 14.9 Å². The fraction of sp³-hybridized carbons (Fsp3) is 0.188. The molecule has 0 radical (unpaired) electrons. The van der Waals surface area contributed by atoms with Crippen molar-refractivity contribution in [3.8, 4) is 5.75 Å². The summed E-state index contributed by atoms with van der Waals surface area (Å²) < 4.78 is 42.6. The number of rotatable bonds is 6. The molecule has 2 aromatic carbocycles. The number of carbonyl (C=O) groups is 1. The van der Waals surface area contributed by atoms with Crippen LogP contribution in [-0.2, 0) is 6.18 Å². The zero-order valence-electron chi connectivity index (χ0n) is 13.0. The molecule has 0 atom stereocenters. The lowest BCUT2D eigenvalue weighted by atomic mass is 10.2. The van der Waals surface area contributed by atoms with Gasteiger partial charge in [0.25, 0.3) is 11.6 Å². The molecule has 1 amide bonds. The highest BCUT2D eigenvalue weighted by Gasteiger charge is 2.30. The second-order valence-electron chi connectivity index (χ2n) is 5.05. The molecular weight excluding hydrogens is 377 g/mol. The Morgan fingerprint density at radius 3 is 2.42 bits per heavy atom. The number of ether oxygens (including phenoxy) is 1. The van der Waals surface area contributed by atoms with Crippen molar-refractivity contribution in [2.75, 3.05) is 13.2 Å². The molecule has 0 saturated carbocycles. The molecule has 0 aliphatic carbocycles. The molecular formula is C16H12ClF3N2O4. The van der Waals surface area contributed by atoms with Crippen LogP contribution < -0.4 is 10.1 Å². The minimum atomic E-state index is -4.43. The number of amides is 1. The lowest BCUT2D eigenvalue weighted by Crippen LogP contribution is -2.28. The topological polar surface area (TPSA) is 81.5 Å². The van der Waals surface area contributed by atoms with Crippen molar-refractivity contribution in [2.45, 2.75) is 6.18 Å². The second-order valence-corrected chi connectivity index (χ2v) is 5.45. The molecule has 0 unspecified atom stereocenters. The van der Waals surface area contributed by atoms with Gasteiger partial charge in [0, 0.05) is 12.1 Å². The van der Waals surface area contributed by atoms with E-state index in [2.05, 4.69) is 5.32 Å². The van der Waals surface area contributed by atoms with Crippen molar-refractivity contribution >= 4 is 23.2 Å². The Bertz CT molecular complexity index is 810. The normalized spacial score (nSPS) is 11.1. The Labute approximate surface area is 150 Å². The quantitative estimate of drug-likeness (QED) is 0.459. The van der Waals surface area contributed by atoms with Crippen LogP contribution in [0.4, 0.5) is 18.9 Å². The minimum absolute atomic E-state index is 0.0103. The van der Waals surface area contributed by atoms with Crippen LogP contribution >= 0.6 is 11.6 Å². The Morgan fingerprint density at radius 2 is 1.85 bits per heavy atom. The number of hydrogen-bond acceptors (Lipinski definition) is 4. The van der Waals surface area contributed by atoms with E-state index in [-0.39, 0.29) is 35.2 Å². The van der Waals surface area contributed by atoms with E-state index in [0.29, 0.717) is 0 Å². The van der Waals surface area contributed by atoms with Gasteiger partial charge in [-0.05, 0) is 30.3 Å².